The van der Waals surface area contributed by atoms with Gasteiger partial charge in [-0.3, -0.25) is 9.59 Å². The first-order valence-corrected chi connectivity index (χ1v) is 12.1. The van der Waals surface area contributed by atoms with Crippen molar-refractivity contribution in [3.05, 3.63) is 18.2 Å². The highest BCUT2D eigenvalue weighted by Gasteiger charge is 2.26. The van der Waals surface area contributed by atoms with E-state index in [2.05, 4.69) is 10.6 Å². The number of nitrogens with one attached hydrogen (secondary N) is 2. The van der Waals surface area contributed by atoms with Gasteiger partial charge in [-0.2, -0.15) is 4.31 Å². The molecular weight excluding hydrogens is 398 g/mol. The Balaban J connectivity index is 1.67. The van der Waals surface area contributed by atoms with E-state index >= 15 is 0 Å². The highest BCUT2D eigenvalue weighted by molar-refractivity contribution is 7.99. The van der Waals surface area contributed by atoms with Gasteiger partial charge in [0.15, 0.2) is 0 Å². The molecule has 1 aromatic rings. The molecule has 2 N–H and O–H groups in total. The maximum atomic E-state index is 12.9. The fourth-order valence-electron chi connectivity index (χ4n) is 3.52. The van der Waals surface area contributed by atoms with Crippen molar-refractivity contribution in [2.45, 2.75) is 60.8 Å². The van der Waals surface area contributed by atoms with Crippen LogP contribution in [0.4, 0.5) is 5.69 Å². The van der Waals surface area contributed by atoms with Crippen LogP contribution < -0.4 is 10.6 Å². The van der Waals surface area contributed by atoms with Gasteiger partial charge in [0.1, 0.15) is 0 Å². The summed E-state index contributed by atoms with van der Waals surface area (Å²) < 4.78 is 26.9. The number of amides is 2. The molecule has 1 aliphatic carbocycles. The molecular formula is C19H27N3O4S2. The van der Waals surface area contributed by atoms with E-state index < -0.39 is 10.0 Å². The predicted octanol–water partition coefficient (Wildman–Crippen LogP) is 2.58. The van der Waals surface area contributed by atoms with E-state index in [4.69, 9.17) is 0 Å². The monoisotopic (exact) mass is 425 g/mol. The molecule has 154 valence electrons. The summed E-state index contributed by atoms with van der Waals surface area (Å²) in [5.41, 5.74) is 0.505. The van der Waals surface area contributed by atoms with Crippen LogP contribution in [0.2, 0.25) is 0 Å². The molecule has 1 saturated carbocycles. The van der Waals surface area contributed by atoms with Crippen LogP contribution in [0.25, 0.3) is 0 Å². The van der Waals surface area contributed by atoms with Gasteiger partial charge >= 0.3 is 0 Å². The quantitative estimate of drug-likeness (QED) is 0.707. The van der Waals surface area contributed by atoms with Gasteiger partial charge in [0.25, 0.3) is 0 Å². The number of sulfonamides is 1. The molecule has 0 radical (unpaired) electrons. The summed E-state index contributed by atoms with van der Waals surface area (Å²) in [5, 5.41) is 5.72. The van der Waals surface area contributed by atoms with Crippen molar-refractivity contribution in [1.82, 2.24) is 9.62 Å². The van der Waals surface area contributed by atoms with E-state index in [0.29, 0.717) is 17.9 Å². The Morgan fingerprint density at radius 3 is 2.68 bits per heavy atom. The van der Waals surface area contributed by atoms with Crippen molar-refractivity contribution in [2.75, 3.05) is 24.7 Å². The molecule has 0 bridgehead atoms. The molecule has 28 heavy (non-hydrogen) atoms. The lowest BCUT2D eigenvalue weighted by atomic mass is 10.1. The van der Waals surface area contributed by atoms with Crippen LogP contribution >= 0.6 is 11.8 Å². The molecule has 0 saturated heterocycles. The summed E-state index contributed by atoms with van der Waals surface area (Å²) in [7, 11) is -2.43. The van der Waals surface area contributed by atoms with Crippen molar-refractivity contribution >= 4 is 39.3 Å². The van der Waals surface area contributed by atoms with Crippen molar-refractivity contribution in [2.24, 2.45) is 0 Å². The number of hydrogen-bond donors (Lipinski definition) is 2. The second kappa shape index (κ2) is 9.28. The maximum absolute atomic E-state index is 12.9. The zero-order chi connectivity index (χ0) is 20.1. The first kappa shape index (κ1) is 21.1. The zero-order valence-electron chi connectivity index (χ0n) is 16.1. The lowest BCUT2D eigenvalue weighted by Crippen LogP contribution is -2.42. The minimum Gasteiger partial charge on any atom is -0.352 e. The number of rotatable bonds is 5. The summed E-state index contributed by atoms with van der Waals surface area (Å²) >= 11 is 1.52. The number of likely N-dealkylation sites (N-methyl/N-ethyl adjacent to an activating group) is 1. The van der Waals surface area contributed by atoms with Crippen molar-refractivity contribution in [3.8, 4) is 0 Å². The van der Waals surface area contributed by atoms with Gasteiger partial charge in [0, 0.05) is 30.2 Å². The van der Waals surface area contributed by atoms with E-state index in [-0.39, 0.29) is 29.3 Å². The summed E-state index contributed by atoms with van der Waals surface area (Å²) in [5.74, 6) is 0.250. The average molecular weight is 426 g/mol. The van der Waals surface area contributed by atoms with Gasteiger partial charge in [-0.05, 0) is 31.0 Å². The van der Waals surface area contributed by atoms with Crippen LogP contribution in [0, 0.1) is 0 Å². The normalized spacial score (nSPS) is 18.7. The smallest absolute Gasteiger partial charge is 0.243 e. The van der Waals surface area contributed by atoms with E-state index in [0.717, 1.165) is 34.9 Å². The Bertz CT molecular complexity index is 834. The molecule has 0 aromatic heterocycles. The molecule has 9 heteroatoms. The second-order valence-electron chi connectivity index (χ2n) is 7.32. The van der Waals surface area contributed by atoms with Gasteiger partial charge in [0.05, 0.1) is 17.1 Å². The highest BCUT2D eigenvalue weighted by atomic mass is 32.2. The summed E-state index contributed by atoms with van der Waals surface area (Å²) in [6, 6.07) is 4.84. The Morgan fingerprint density at radius 2 is 1.96 bits per heavy atom. The Morgan fingerprint density at radius 1 is 1.25 bits per heavy atom. The topological polar surface area (TPSA) is 95.6 Å². The molecule has 2 amide bonds. The van der Waals surface area contributed by atoms with Crippen molar-refractivity contribution in [3.63, 3.8) is 0 Å². The summed E-state index contributed by atoms with van der Waals surface area (Å²) in [6.45, 7) is -0.225. The van der Waals surface area contributed by atoms with Crippen molar-refractivity contribution in [1.29, 1.82) is 0 Å². The Kier molecular flexibility index (Phi) is 7.00. The fraction of sp³-hybridized carbons (Fsp3) is 0.579. The molecule has 1 aliphatic heterocycles. The Labute approximate surface area is 170 Å². The first-order valence-electron chi connectivity index (χ1n) is 9.68. The standard InChI is InChI=1S/C19H27N3O4S2/c1-22(13-19(24)20-14-6-4-2-3-5-7-14)28(25,26)15-8-9-17-16(12-15)21-18(23)10-11-27-17/h8-9,12,14H,2-7,10-11,13H2,1H3,(H,20,24)(H,21,23). The van der Waals surface area contributed by atoms with Gasteiger partial charge in [-0.25, -0.2) is 8.42 Å². The molecule has 2 aliphatic rings. The second-order valence-corrected chi connectivity index (χ2v) is 10.5. The summed E-state index contributed by atoms with van der Waals surface area (Å²) in [6.07, 6.45) is 6.86. The largest absolute Gasteiger partial charge is 0.352 e. The van der Waals surface area contributed by atoms with Crippen LogP contribution in [-0.4, -0.2) is 49.9 Å². The maximum Gasteiger partial charge on any atom is 0.243 e. The minimum absolute atomic E-state index is 0.0683. The van der Waals surface area contributed by atoms with Crippen LogP contribution in [0.1, 0.15) is 44.9 Å². The third kappa shape index (κ3) is 5.27. The van der Waals surface area contributed by atoms with Crippen LogP contribution in [0.15, 0.2) is 28.0 Å². The molecule has 3 rings (SSSR count). The van der Waals surface area contributed by atoms with E-state index in [1.165, 1.54) is 43.8 Å². The number of nitrogens with zero attached hydrogens (tertiary/aromatic N) is 1. The van der Waals surface area contributed by atoms with E-state index in [1.807, 2.05) is 0 Å². The lowest BCUT2D eigenvalue weighted by molar-refractivity contribution is -0.122. The fourth-order valence-corrected chi connectivity index (χ4v) is 5.61. The molecule has 0 atom stereocenters. The number of hydrogen-bond acceptors (Lipinski definition) is 5. The number of anilines is 1. The van der Waals surface area contributed by atoms with Gasteiger partial charge in [0.2, 0.25) is 21.8 Å². The Hall–Kier alpha value is -1.58. The van der Waals surface area contributed by atoms with Gasteiger partial charge < -0.3 is 10.6 Å². The molecule has 0 unspecified atom stereocenters. The van der Waals surface area contributed by atoms with Gasteiger partial charge in [-0.1, -0.05) is 25.7 Å². The van der Waals surface area contributed by atoms with Crippen LogP contribution in [0.5, 0.6) is 0 Å². The van der Waals surface area contributed by atoms with Gasteiger partial charge in [-0.15, -0.1) is 11.8 Å². The molecule has 1 heterocycles. The molecule has 7 nitrogen and oxygen atoms in total. The number of benzene rings is 1. The van der Waals surface area contributed by atoms with E-state index in [9.17, 15) is 18.0 Å². The highest BCUT2D eigenvalue weighted by Crippen LogP contribution is 2.33. The number of fused-ring (bicyclic) bond motifs is 1. The van der Waals surface area contributed by atoms with Crippen LogP contribution in [0.3, 0.4) is 0 Å². The number of carbonyl (C=O) groups excluding carboxylic acids is 2. The molecule has 1 aromatic carbocycles. The third-order valence-corrected chi connectivity index (χ3v) is 7.98. The molecule has 0 spiro atoms. The van der Waals surface area contributed by atoms with Crippen LogP contribution in [-0.2, 0) is 19.6 Å². The van der Waals surface area contributed by atoms with Crippen molar-refractivity contribution < 1.29 is 18.0 Å². The SMILES string of the molecule is CN(CC(=O)NC1CCCCCC1)S(=O)(=O)c1ccc2c(c1)NC(=O)CCS2. The molecule has 1 fully saturated rings. The number of carbonyl (C=O) groups is 2. The zero-order valence-corrected chi connectivity index (χ0v) is 17.7. The lowest BCUT2D eigenvalue weighted by Gasteiger charge is -2.21. The first-order chi connectivity index (χ1) is 13.4. The average Bonchev–Trinajstić information content (AvgIpc) is 3.00. The minimum atomic E-state index is -3.83. The predicted molar refractivity (Wildman–Crippen MR) is 110 cm³/mol. The third-order valence-electron chi connectivity index (χ3n) is 5.11. The van der Waals surface area contributed by atoms with E-state index in [1.54, 1.807) is 6.07 Å². The number of thioether (sulfide) groups is 1. The summed E-state index contributed by atoms with van der Waals surface area (Å²) in [4.78, 5) is 25.0.